The Morgan fingerprint density at radius 2 is 2.43 bits per heavy atom. The quantitative estimate of drug-likeness (QED) is 0.722. The van der Waals surface area contributed by atoms with Gasteiger partial charge in [0.05, 0.1) is 6.61 Å². The Labute approximate surface area is 85.2 Å². The van der Waals surface area contributed by atoms with E-state index in [1.165, 1.54) is 0 Å². The second kappa shape index (κ2) is 3.54. The van der Waals surface area contributed by atoms with Crippen molar-refractivity contribution >= 4 is 5.91 Å². The zero-order valence-corrected chi connectivity index (χ0v) is 9.01. The van der Waals surface area contributed by atoms with Crippen molar-refractivity contribution in [3.8, 4) is 0 Å². The first-order chi connectivity index (χ1) is 6.70. The highest BCUT2D eigenvalue weighted by atomic mass is 16.5. The van der Waals surface area contributed by atoms with Crippen LogP contribution in [-0.2, 0) is 9.53 Å². The van der Waals surface area contributed by atoms with Gasteiger partial charge in [-0.15, -0.1) is 0 Å². The summed E-state index contributed by atoms with van der Waals surface area (Å²) in [5.41, 5.74) is 0.160. The average molecular weight is 197 g/mol. The smallest absolute Gasteiger partial charge is 0.223 e. The highest BCUT2D eigenvalue weighted by Gasteiger charge is 2.50. The Bertz CT molecular complexity index is 235. The first-order valence-corrected chi connectivity index (χ1v) is 5.56. The van der Waals surface area contributed by atoms with E-state index in [1.807, 2.05) is 0 Å². The van der Waals surface area contributed by atoms with Crippen LogP contribution in [0.2, 0.25) is 0 Å². The Morgan fingerprint density at radius 3 is 2.86 bits per heavy atom. The standard InChI is InChI=1S/C11H19NO2/c1-3-11(9-4-5-14-6-9)7-12-10(13)8(11)2/h8-9H,3-7H2,1-2H3,(H,12,13). The molecule has 0 aliphatic carbocycles. The molecule has 0 aromatic heterocycles. The predicted molar refractivity (Wildman–Crippen MR) is 53.8 cm³/mol. The monoisotopic (exact) mass is 197 g/mol. The van der Waals surface area contributed by atoms with E-state index in [-0.39, 0.29) is 17.2 Å². The molecule has 0 aromatic carbocycles. The van der Waals surface area contributed by atoms with Gasteiger partial charge in [0.15, 0.2) is 0 Å². The fraction of sp³-hybridized carbons (Fsp3) is 0.909. The minimum Gasteiger partial charge on any atom is -0.381 e. The summed E-state index contributed by atoms with van der Waals surface area (Å²) in [7, 11) is 0. The van der Waals surface area contributed by atoms with Gasteiger partial charge in [-0.25, -0.2) is 0 Å². The van der Waals surface area contributed by atoms with E-state index in [1.54, 1.807) is 0 Å². The van der Waals surface area contributed by atoms with E-state index < -0.39 is 0 Å². The van der Waals surface area contributed by atoms with E-state index in [4.69, 9.17) is 4.74 Å². The second-order valence-corrected chi connectivity index (χ2v) is 4.59. The van der Waals surface area contributed by atoms with Crippen LogP contribution in [0.25, 0.3) is 0 Å². The average Bonchev–Trinajstić information content (AvgIpc) is 2.79. The van der Waals surface area contributed by atoms with Gasteiger partial charge in [0.25, 0.3) is 0 Å². The predicted octanol–water partition coefficient (Wildman–Crippen LogP) is 1.19. The third-order valence-corrected chi connectivity index (χ3v) is 4.25. The van der Waals surface area contributed by atoms with Gasteiger partial charge in [0.1, 0.15) is 0 Å². The molecule has 14 heavy (non-hydrogen) atoms. The number of ether oxygens (including phenoxy) is 1. The van der Waals surface area contributed by atoms with Gasteiger partial charge in [-0.1, -0.05) is 13.8 Å². The lowest BCUT2D eigenvalue weighted by Gasteiger charge is -2.35. The third kappa shape index (κ3) is 1.26. The molecule has 2 aliphatic rings. The summed E-state index contributed by atoms with van der Waals surface area (Å²) in [4.78, 5) is 11.6. The molecule has 1 N–H and O–H groups in total. The van der Waals surface area contributed by atoms with Crippen molar-refractivity contribution in [2.24, 2.45) is 17.3 Å². The van der Waals surface area contributed by atoms with Crippen molar-refractivity contribution < 1.29 is 9.53 Å². The Hall–Kier alpha value is -0.570. The van der Waals surface area contributed by atoms with Gasteiger partial charge in [-0.05, 0) is 18.8 Å². The van der Waals surface area contributed by atoms with Crippen molar-refractivity contribution in [3.63, 3.8) is 0 Å². The number of carbonyl (C=O) groups excluding carboxylic acids is 1. The van der Waals surface area contributed by atoms with E-state index in [9.17, 15) is 4.79 Å². The van der Waals surface area contributed by atoms with Crippen LogP contribution in [0.1, 0.15) is 26.7 Å². The summed E-state index contributed by atoms with van der Waals surface area (Å²) in [6.07, 6.45) is 2.19. The van der Waals surface area contributed by atoms with Crippen molar-refractivity contribution in [1.29, 1.82) is 0 Å². The Balaban J connectivity index is 2.20. The fourth-order valence-electron chi connectivity index (χ4n) is 3.02. The van der Waals surface area contributed by atoms with Gasteiger partial charge in [-0.2, -0.15) is 0 Å². The molecule has 0 bridgehead atoms. The summed E-state index contributed by atoms with van der Waals surface area (Å²) >= 11 is 0. The summed E-state index contributed by atoms with van der Waals surface area (Å²) in [6.45, 7) is 6.80. The molecule has 0 radical (unpaired) electrons. The topological polar surface area (TPSA) is 38.3 Å². The minimum absolute atomic E-state index is 0.152. The lowest BCUT2D eigenvalue weighted by molar-refractivity contribution is -0.124. The Morgan fingerprint density at radius 1 is 1.64 bits per heavy atom. The molecule has 2 saturated heterocycles. The summed E-state index contributed by atoms with van der Waals surface area (Å²) in [5, 5.41) is 2.99. The van der Waals surface area contributed by atoms with Gasteiger partial charge in [-0.3, -0.25) is 4.79 Å². The number of hydrogen-bond acceptors (Lipinski definition) is 2. The Kier molecular flexibility index (Phi) is 2.52. The van der Waals surface area contributed by atoms with Crippen LogP contribution in [0.3, 0.4) is 0 Å². The SMILES string of the molecule is CCC1(C2CCOC2)CNC(=O)C1C. The van der Waals surface area contributed by atoms with Crippen LogP contribution >= 0.6 is 0 Å². The van der Waals surface area contributed by atoms with Crippen LogP contribution in [0, 0.1) is 17.3 Å². The normalized spacial score (nSPS) is 42.9. The maximum atomic E-state index is 11.6. The van der Waals surface area contributed by atoms with Crippen LogP contribution in [-0.4, -0.2) is 25.7 Å². The van der Waals surface area contributed by atoms with Crippen molar-refractivity contribution in [3.05, 3.63) is 0 Å². The lowest BCUT2D eigenvalue weighted by atomic mass is 9.67. The van der Waals surface area contributed by atoms with Crippen molar-refractivity contribution in [2.75, 3.05) is 19.8 Å². The van der Waals surface area contributed by atoms with Crippen molar-refractivity contribution in [2.45, 2.75) is 26.7 Å². The molecule has 2 rings (SSSR count). The number of nitrogens with one attached hydrogen (secondary N) is 1. The fourth-order valence-corrected chi connectivity index (χ4v) is 3.02. The van der Waals surface area contributed by atoms with Gasteiger partial charge >= 0.3 is 0 Å². The van der Waals surface area contributed by atoms with Crippen LogP contribution in [0.15, 0.2) is 0 Å². The zero-order valence-electron chi connectivity index (χ0n) is 9.01. The first-order valence-electron chi connectivity index (χ1n) is 5.56. The van der Waals surface area contributed by atoms with E-state index in [0.717, 1.165) is 32.6 Å². The molecule has 3 atom stereocenters. The van der Waals surface area contributed by atoms with Crippen LogP contribution in [0.4, 0.5) is 0 Å². The molecule has 3 unspecified atom stereocenters. The molecule has 2 heterocycles. The highest BCUT2D eigenvalue weighted by molar-refractivity contribution is 5.81. The lowest BCUT2D eigenvalue weighted by Crippen LogP contribution is -2.37. The van der Waals surface area contributed by atoms with Gasteiger partial charge in [0, 0.05) is 24.5 Å². The number of rotatable bonds is 2. The highest BCUT2D eigenvalue weighted by Crippen LogP contribution is 2.45. The molecule has 1 amide bonds. The maximum Gasteiger partial charge on any atom is 0.223 e. The number of carbonyl (C=O) groups is 1. The van der Waals surface area contributed by atoms with E-state index >= 15 is 0 Å². The molecule has 0 aromatic rings. The summed E-state index contributed by atoms with van der Waals surface area (Å²) in [5.74, 6) is 0.944. The molecule has 80 valence electrons. The van der Waals surface area contributed by atoms with E-state index in [2.05, 4.69) is 19.2 Å². The first kappa shape index (κ1) is 9.97. The zero-order chi connectivity index (χ0) is 10.2. The van der Waals surface area contributed by atoms with Gasteiger partial charge in [0.2, 0.25) is 5.91 Å². The molecular formula is C11H19NO2. The maximum absolute atomic E-state index is 11.6. The molecule has 3 heteroatoms. The molecule has 2 fully saturated rings. The second-order valence-electron chi connectivity index (χ2n) is 4.59. The van der Waals surface area contributed by atoms with Crippen LogP contribution < -0.4 is 5.32 Å². The molecular weight excluding hydrogens is 178 g/mol. The van der Waals surface area contributed by atoms with Gasteiger partial charge < -0.3 is 10.1 Å². The van der Waals surface area contributed by atoms with E-state index in [0.29, 0.717) is 5.92 Å². The minimum atomic E-state index is 0.152. The summed E-state index contributed by atoms with van der Waals surface area (Å²) < 4.78 is 5.44. The largest absolute Gasteiger partial charge is 0.381 e. The molecule has 0 spiro atoms. The van der Waals surface area contributed by atoms with Crippen molar-refractivity contribution in [1.82, 2.24) is 5.32 Å². The third-order valence-electron chi connectivity index (χ3n) is 4.25. The number of hydrogen-bond donors (Lipinski definition) is 1. The molecule has 3 nitrogen and oxygen atoms in total. The van der Waals surface area contributed by atoms with Crippen LogP contribution in [0.5, 0.6) is 0 Å². The number of amides is 1. The molecule has 0 saturated carbocycles. The summed E-state index contributed by atoms with van der Waals surface area (Å²) in [6, 6.07) is 0. The molecule has 2 aliphatic heterocycles.